The van der Waals surface area contributed by atoms with E-state index in [0.29, 0.717) is 6.10 Å². The normalized spacial score (nSPS) is 21.1. The first-order valence-electron chi connectivity index (χ1n) is 5.20. The number of aryl methyl sites for hydroxylation is 2. The van der Waals surface area contributed by atoms with Crippen molar-refractivity contribution in [3.05, 3.63) is 29.3 Å². The zero-order valence-electron chi connectivity index (χ0n) is 8.84. The van der Waals surface area contributed by atoms with Crippen LogP contribution in [0.25, 0.3) is 0 Å². The molecule has 1 heterocycles. The lowest BCUT2D eigenvalue weighted by Gasteiger charge is -2.14. The van der Waals surface area contributed by atoms with E-state index in [9.17, 15) is 0 Å². The van der Waals surface area contributed by atoms with Crippen LogP contribution in [-0.4, -0.2) is 19.2 Å². The van der Waals surface area contributed by atoms with Crippen molar-refractivity contribution in [2.24, 2.45) is 0 Å². The van der Waals surface area contributed by atoms with E-state index in [1.165, 1.54) is 11.1 Å². The molecule has 0 amide bonds. The van der Waals surface area contributed by atoms with Crippen molar-refractivity contribution in [1.29, 1.82) is 0 Å². The minimum absolute atomic E-state index is 0.357. The summed E-state index contributed by atoms with van der Waals surface area (Å²) in [5.74, 6) is 1.04. The summed E-state index contributed by atoms with van der Waals surface area (Å²) < 4.78 is 5.92. The largest absolute Gasteiger partial charge is 0.489 e. The molecule has 1 aromatic rings. The van der Waals surface area contributed by atoms with Crippen molar-refractivity contribution in [2.45, 2.75) is 26.4 Å². The minimum Gasteiger partial charge on any atom is -0.489 e. The molecule has 14 heavy (non-hydrogen) atoms. The van der Waals surface area contributed by atoms with Crippen LogP contribution in [0.1, 0.15) is 17.5 Å². The summed E-state index contributed by atoms with van der Waals surface area (Å²) in [5.41, 5.74) is 2.49. The van der Waals surface area contributed by atoms with Crippen molar-refractivity contribution >= 4 is 0 Å². The third-order valence-corrected chi connectivity index (χ3v) is 2.65. The predicted octanol–water partition coefficient (Wildman–Crippen LogP) is 2.04. The van der Waals surface area contributed by atoms with E-state index in [4.69, 9.17) is 4.74 Å². The first kappa shape index (κ1) is 9.53. The second-order valence-electron chi connectivity index (χ2n) is 4.00. The van der Waals surface area contributed by atoms with E-state index in [1.807, 2.05) is 0 Å². The molecule has 2 heteroatoms. The summed E-state index contributed by atoms with van der Waals surface area (Å²) in [6, 6.07) is 6.36. The molecule has 0 spiro atoms. The molecule has 1 aliphatic heterocycles. The fourth-order valence-corrected chi connectivity index (χ4v) is 1.74. The molecule has 1 atom stereocenters. The quantitative estimate of drug-likeness (QED) is 0.772. The molecule has 1 aliphatic rings. The molecular weight excluding hydrogens is 174 g/mol. The van der Waals surface area contributed by atoms with Crippen LogP contribution >= 0.6 is 0 Å². The summed E-state index contributed by atoms with van der Waals surface area (Å²) in [6.07, 6.45) is 1.48. The molecule has 1 fully saturated rings. The maximum Gasteiger partial charge on any atom is 0.122 e. The van der Waals surface area contributed by atoms with Crippen molar-refractivity contribution in [2.75, 3.05) is 13.1 Å². The first-order valence-corrected chi connectivity index (χ1v) is 5.20. The van der Waals surface area contributed by atoms with Gasteiger partial charge < -0.3 is 10.1 Å². The van der Waals surface area contributed by atoms with Gasteiger partial charge in [0, 0.05) is 6.54 Å². The van der Waals surface area contributed by atoms with Gasteiger partial charge in [0.15, 0.2) is 0 Å². The van der Waals surface area contributed by atoms with Crippen LogP contribution in [0.5, 0.6) is 5.75 Å². The second-order valence-corrected chi connectivity index (χ2v) is 4.00. The van der Waals surface area contributed by atoms with Gasteiger partial charge in [-0.05, 0) is 44.0 Å². The second kappa shape index (κ2) is 4.01. The van der Waals surface area contributed by atoms with Crippen LogP contribution in [0.4, 0.5) is 0 Å². The molecule has 1 aromatic carbocycles. The summed E-state index contributed by atoms with van der Waals surface area (Å²) in [6.45, 7) is 6.25. The Labute approximate surface area is 85.3 Å². The molecule has 0 saturated carbocycles. The average molecular weight is 191 g/mol. The molecule has 0 aromatic heterocycles. The summed E-state index contributed by atoms with van der Waals surface area (Å²) in [4.78, 5) is 0. The highest BCUT2D eigenvalue weighted by atomic mass is 16.5. The Bertz CT molecular complexity index is 316. The monoisotopic (exact) mass is 191 g/mol. The molecule has 1 N–H and O–H groups in total. The Balaban J connectivity index is 2.10. The zero-order valence-corrected chi connectivity index (χ0v) is 8.84. The molecule has 2 nitrogen and oxygen atoms in total. The van der Waals surface area contributed by atoms with E-state index in [0.717, 1.165) is 25.3 Å². The molecule has 0 radical (unpaired) electrons. The van der Waals surface area contributed by atoms with E-state index >= 15 is 0 Å². The highest BCUT2D eigenvalue weighted by Gasteiger charge is 2.16. The molecular formula is C12H17NO. The van der Waals surface area contributed by atoms with E-state index in [2.05, 4.69) is 37.4 Å². The van der Waals surface area contributed by atoms with E-state index in [-0.39, 0.29) is 0 Å². The number of nitrogens with one attached hydrogen (secondary N) is 1. The molecule has 1 saturated heterocycles. The Morgan fingerprint density at radius 3 is 2.93 bits per heavy atom. The van der Waals surface area contributed by atoms with Crippen LogP contribution in [0, 0.1) is 13.8 Å². The molecule has 76 valence electrons. The lowest BCUT2D eigenvalue weighted by Crippen LogP contribution is -2.19. The third kappa shape index (κ3) is 2.07. The fourth-order valence-electron chi connectivity index (χ4n) is 1.74. The van der Waals surface area contributed by atoms with Crippen LogP contribution < -0.4 is 10.1 Å². The van der Waals surface area contributed by atoms with Gasteiger partial charge >= 0.3 is 0 Å². The van der Waals surface area contributed by atoms with E-state index < -0.39 is 0 Å². The lowest BCUT2D eigenvalue weighted by molar-refractivity contribution is 0.221. The van der Waals surface area contributed by atoms with Crippen molar-refractivity contribution in [1.82, 2.24) is 5.32 Å². The summed E-state index contributed by atoms with van der Waals surface area (Å²) >= 11 is 0. The molecule has 0 bridgehead atoms. The smallest absolute Gasteiger partial charge is 0.122 e. The van der Waals surface area contributed by atoms with Gasteiger partial charge in [-0.15, -0.1) is 0 Å². The third-order valence-electron chi connectivity index (χ3n) is 2.65. The van der Waals surface area contributed by atoms with Gasteiger partial charge in [0.25, 0.3) is 0 Å². The fraction of sp³-hybridized carbons (Fsp3) is 0.500. The maximum absolute atomic E-state index is 5.92. The lowest BCUT2D eigenvalue weighted by atomic mass is 10.1. The first-order chi connectivity index (χ1) is 6.75. The molecule has 0 aliphatic carbocycles. The average Bonchev–Trinajstić information content (AvgIpc) is 2.64. The number of hydrogen-bond donors (Lipinski definition) is 1. The number of benzene rings is 1. The molecule has 2 rings (SSSR count). The molecule has 1 unspecified atom stereocenters. The zero-order chi connectivity index (χ0) is 9.97. The Morgan fingerprint density at radius 1 is 1.36 bits per heavy atom. The van der Waals surface area contributed by atoms with Crippen LogP contribution in [0.2, 0.25) is 0 Å². The minimum atomic E-state index is 0.357. The van der Waals surface area contributed by atoms with E-state index in [1.54, 1.807) is 0 Å². The summed E-state index contributed by atoms with van der Waals surface area (Å²) in [7, 11) is 0. The number of rotatable bonds is 2. The van der Waals surface area contributed by atoms with Crippen LogP contribution in [0.15, 0.2) is 18.2 Å². The Morgan fingerprint density at radius 2 is 2.21 bits per heavy atom. The van der Waals surface area contributed by atoms with Gasteiger partial charge in [0.1, 0.15) is 11.9 Å². The number of ether oxygens (including phenoxy) is 1. The van der Waals surface area contributed by atoms with Crippen molar-refractivity contribution in [3.63, 3.8) is 0 Å². The Kier molecular flexibility index (Phi) is 2.73. The highest BCUT2D eigenvalue weighted by molar-refractivity contribution is 5.36. The van der Waals surface area contributed by atoms with Gasteiger partial charge in [0.05, 0.1) is 0 Å². The SMILES string of the molecule is Cc1ccc(C)c(OC2CCNC2)c1. The van der Waals surface area contributed by atoms with Gasteiger partial charge in [-0.3, -0.25) is 0 Å². The van der Waals surface area contributed by atoms with Crippen molar-refractivity contribution in [3.8, 4) is 5.75 Å². The van der Waals surface area contributed by atoms with Gasteiger partial charge in [-0.25, -0.2) is 0 Å². The highest BCUT2D eigenvalue weighted by Crippen LogP contribution is 2.21. The maximum atomic E-state index is 5.92. The standard InChI is InChI=1S/C12H17NO/c1-9-3-4-10(2)12(7-9)14-11-5-6-13-8-11/h3-4,7,11,13H,5-6,8H2,1-2H3. The Hall–Kier alpha value is -1.02. The predicted molar refractivity (Wildman–Crippen MR) is 57.8 cm³/mol. The van der Waals surface area contributed by atoms with Crippen LogP contribution in [-0.2, 0) is 0 Å². The van der Waals surface area contributed by atoms with Gasteiger partial charge in [-0.2, -0.15) is 0 Å². The van der Waals surface area contributed by atoms with Crippen molar-refractivity contribution < 1.29 is 4.74 Å². The summed E-state index contributed by atoms with van der Waals surface area (Å²) in [5, 5.41) is 3.30. The number of hydrogen-bond acceptors (Lipinski definition) is 2. The van der Waals surface area contributed by atoms with Gasteiger partial charge in [0.2, 0.25) is 0 Å². The van der Waals surface area contributed by atoms with Crippen LogP contribution in [0.3, 0.4) is 0 Å². The topological polar surface area (TPSA) is 21.3 Å². The van der Waals surface area contributed by atoms with Gasteiger partial charge in [-0.1, -0.05) is 12.1 Å².